The van der Waals surface area contributed by atoms with E-state index in [2.05, 4.69) is 10.6 Å². The minimum Gasteiger partial charge on any atom is -0.493 e. The lowest BCUT2D eigenvalue weighted by molar-refractivity contribution is -0.121. The number of anilines is 1. The Kier molecular flexibility index (Phi) is 9.98. The Bertz CT molecular complexity index is 466. The molecule has 0 radical (unpaired) electrons. The van der Waals surface area contributed by atoms with Crippen LogP contribution in [-0.4, -0.2) is 31.5 Å². The van der Waals surface area contributed by atoms with Crippen LogP contribution in [0.3, 0.4) is 0 Å². The van der Waals surface area contributed by atoms with Gasteiger partial charge in [-0.05, 0) is 30.7 Å². The summed E-state index contributed by atoms with van der Waals surface area (Å²) in [6.45, 7) is 2.30. The van der Waals surface area contributed by atoms with Crippen LogP contribution in [0.1, 0.15) is 26.2 Å². The molecule has 0 spiro atoms. The van der Waals surface area contributed by atoms with Crippen molar-refractivity contribution in [2.45, 2.75) is 32.2 Å². The molecule has 0 saturated carbocycles. The van der Waals surface area contributed by atoms with Crippen molar-refractivity contribution < 1.29 is 14.3 Å². The van der Waals surface area contributed by atoms with Gasteiger partial charge in [-0.15, -0.1) is 12.4 Å². The summed E-state index contributed by atoms with van der Waals surface area (Å²) in [7, 11) is 1.59. The summed E-state index contributed by atoms with van der Waals surface area (Å²) in [5.74, 6) is 0.392. The van der Waals surface area contributed by atoms with Gasteiger partial charge in [-0.2, -0.15) is 0 Å². The number of rotatable bonds is 8. The zero-order valence-electron chi connectivity index (χ0n) is 12.9. The summed E-state index contributed by atoms with van der Waals surface area (Å²) < 4.78 is 5.43. The Labute approximate surface area is 137 Å². The summed E-state index contributed by atoms with van der Waals surface area (Å²) in [6.07, 6.45) is 1.83. The zero-order valence-corrected chi connectivity index (χ0v) is 13.7. The molecule has 0 aliphatic rings. The van der Waals surface area contributed by atoms with Gasteiger partial charge in [0.2, 0.25) is 11.8 Å². The van der Waals surface area contributed by atoms with Gasteiger partial charge >= 0.3 is 0 Å². The molecule has 1 rings (SSSR count). The molecule has 0 heterocycles. The fraction of sp³-hybridized carbons (Fsp3) is 0.467. The Hall–Kier alpha value is -1.79. The standard InChI is InChI=1S/C15H23N3O3.ClH/c1-3-4-13(16)15(20)18-11-5-7-12(8-6-11)21-10-9-14(19)17-2;/h5-8,13H,3-4,9-10,16H2,1-2H3,(H,17,19)(H,18,20);1H. The highest BCUT2D eigenvalue weighted by atomic mass is 35.5. The summed E-state index contributed by atoms with van der Waals surface area (Å²) >= 11 is 0. The maximum Gasteiger partial charge on any atom is 0.241 e. The number of hydrogen-bond acceptors (Lipinski definition) is 4. The monoisotopic (exact) mass is 329 g/mol. The number of benzene rings is 1. The quantitative estimate of drug-likeness (QED) is 0.676. The molecule has 124 valence electrons. The number of halogens is 1. The van der Waals surface area contributed by atoms with Crippen LogP contribution in [0.2, 0.25) is 0 Å². The maximum atomic E-state index is 11.8. The van der Waals surface area contributed by atoms with Crippen LogP contribution in [-0.2, 0) is 9.59 Å². The molecule has 0 fully saturated rings. The van der Waals surface area contributed by atoms with Crippen molar-refractivity contribution in [2.24, 2.45) is 5.73 Å². The molecule has 0 saturated heterocycles. The first-order chi connectivity index (χ1) is 10.1. The van der Waals surface area contributed by atoms with Crippen LogP contribution in [0.15, 0.2) is 24.3 Å². The van der Waals surface area contributed by atoms with Gasteiger partial charge in [-0.1, -0.05) is 13.3 Å². The predicted molar refractivity (Wildman–Crippen MR) is 89.4 cm³/mol. The Morgan fingerprint density at radius 3 is 2.45 bits per heavy atom. The fourth-order valence-electron chi connectivity index (χ4n) is 1.70. The highest BCUT2D eigenvalue weighted by Crippen LogP contribution is 2.16. The van der Waals surface area contributed by atoms with Crippen molar-refractivity contribution in [2.75, 3.05) is 19.0 Å². The molecule has 1 aromatic carbocycles. The first-order valence-corrected chi connectivity index (χ1v) is 7.06. The largest absolute Gasteiger partial charge is 0.493 e. The Balaban J connectivity index is 0.00000441. The average molecular weight is 330 g/mol. The summed E-state index contributed by atoms with van der Waals surface area (Å²) in [4.78, 5) is 22.8. The minimum atomic E-state index is -0.488. The third-order valence-corrected chi connectivity index (χ3v) is 2.93. The number of nitrogens with one attached hydrogen (secondary N) is 2. The molecule has 7 heteroatoms. The van der Waals surface area contributed by atoms with Crippen LogP contribution in [0, 0.1) is 0 Å². The first kappa shape index (κ1) is 20.2. The van der Waals surface area contributed by atoms with Crippen LogP contribution in [0.5, 0.6) is 5.75 Å². The number of hydrogen-bond donors (Lipinski definition) is 3. The predicted octanol–water partition coefficient (Wildman–Crippen LogP) is 1.69. The third kappa shape index (κ3) is 7.28. The lowest BCUT2D eigenvalue weighted by atomic mass is 10.1. The van der Waals surface area contributed by atoms with Crippen LogP contribution < -0.4 is 21.1 Å². The minimum absolute atomic E-state index is 0. The second-order valence-corrected chi connectivity index (χ2v) is 4.68. The van der Waals surface area contributed by atoms with E-state index in [0.29, 0.717) is 30.9 Å². The maximum absolute atomic E-state index is 11.8. The molecule has 6 nitrogen and oxygen atoms in total. The van der Waals surface area contributed by atoms with Crippen LogP contribution in [0.25, 0.3) is 0 Å². The molecule has 0 bridgehead atoms. The van der Waals surface area contributed by atoms with Crippen molar-refractivity contribution in [3.05, 3.63) is 24.3 Å². The first-order valence-electron chi connectivity index (χ1n) is 7.06. The van der Waals surface area contributed by atoms with E-state index in [1.54, 1.807) is 31.3 Å². The number of ether oxygens (including phenoxy) is 1. The molecular weight excluding hydrogens is 306 g/mol. The second-order valence-electron chi connectivity index (χ2n) is 4.68. The lowest BCUT2D eigenvalue weighted by Crippen LogP contribution is -2.35. The van der Waals surface area contributed by atoms with Gasteiger partial charge in [-0.3, -0.25) is 9.59 Å². The van der Waals surface area contributed by atoms with Crippen molar-refractivity contribution >= 4 is 29.9 Å². The summed E-state index contributed by atoms with van der Waals surface area (Å²) in [5.41, 5.74) is 6.41. The number of carbonyl (C=O) groups excluding carboxylic acids is 2. The van der Waals surface area contributed by atoms with Crippen molar-refractivity contribution in [3.8, 4) is 5.75 Å². The van der Waals surface area contributed by atoms with E-state index in [9.17, 15) is 9.59 Å². The smallest absolute Gasteiger partial charge is 0.241 e. The number of carbonyl (C=O) groups is 2. The van der Waals surface area contributed by atoms with E-state index in [-0.39, 0.29) is 24.2 Å². The van der Waals surface area contributed by atoms with Crippen molar-refractivity contribution in [1.29, 1.82) is 0 Å². The van der Waals surface area contributed by atoms with E-state index in [0.717, 1.165) is 6.42 Å². The van der Waals surface area contributed by atoms with Crippen molar-refractivity contribution in [3.63, 3.8) is 0 Å². The molecule has 4 N–H and O–H groups in total. The SMILES string of the molecule is CCCC(N)C(=O)Nc1ccc(OCCC(=O)NC)cc1.Cl. The van der Waals surface area contributed by atoms with Gasteiger partial charge in [0.15, 0.2) is 0 Å². The fourth-order valence-corrected chi connectivity index (χ4v) is 1.70. The second kappa shape index (κ2) is 10.9. The highest BCUT2D eigenvalue weighted by Gasteiger charge is 2.12. The molecule has 0 aromatic heterocycles. The molecule has 1 atom stereocenters. The van der Waals surface area contributed by atoms with Gasteiger partial charge in [-0.25, -0.2) is 0 Å². The van der Waals surface area contributed by atoms with Crippen molar-refractivity contribution in [1.82, 2.24) is 5.32 Å². The van der Waals surface area contributed by atoms with E-state index in [1.165, 1.54) is 0 Å². The molecular formula is C15H24ClN3O3. The van der Waals surface area contributed by atoms with Gasteiger partial charge in [0.05, 0.1) is 19.1 Å². The average Bonchev–Trinajstić information content (AvgIpc) is 2.49. The summed E-state index contributed by atoms with van der Waals surface area (Å²) in [5, 5.41) is 5.28. The normalized spacial score (nSPS) is 11.0. The molecule has 2 amide bonds. The molecule has 1 aromatic rings. The molecule has 1 unspecified atom stereocenters. The van der Waals surface area contributed by atoms with E-state index in [4.69, 9.17) is 10.5 Å². The van der Waals surface area contributed by atoms with Crippen LogP contribution >= 0.6 is 12.4 Å². The third-order valence-electron chi connectivity index (χ3n) is 2.93. The number of amides is 2. The zero-order chi connectivity index (χ0) is 15.7. The van der Waals surface area contributed by atoms with Gasteiger partial charge in [0, 0.05) is 12.7 Å². The molecule has 0 aliphatic carbocycles. The topological polar surface area (TPSA) is 93.5 Å². The number of nitrogens with two attached hydrogens (primary N) is 1. The lowest BCUT2D eigenvalue weighted by Gasteiger charge is -2.12. The van der Waals surface area contributed by atoms with E-state index in [1.807, 2.05) is 6.92 Å². The Morgan fingerprint density at radius 1 is 1.27 bits per heavy atom. The van der Waals surface area contributed by atoms with Gasteiger partial charge in [0.1, 0.15) is 5.75 Å². The van der Waals surface area contributed by atoms with E-state index < -0.39 is 6.04 Å². The summed E-state index contributed by atoms with van der Waals surface area (Å²) in [6, 6.07) is 6.48. The molecule has 0 aliphatic heterocycles. The van der Waals surface area contributed by atoms with Gasteiger partial charge in [0.25, 0.3) is 0 Å². The van der Waals surface area contributed by atoms with E-state index >= 15 is 0 Å². The molecule has 22 heavy (non-hydrogen) atoms. The van der Waals surface area contributed by atoms with Gasteiger partial charge < -0.3 is 21.1 Å². The highest BCUT2D eigenvalue weighted by molar-refractivity contribution is 5.94. The Morgan fingerprint density at radius 2 is 1.91 bits per heavy atom. The van der Waals surface area contributed by atoms with Crippen LogP contribution in [0.4, 0.5) is 5.69 Å².